The second-order valence-electron chi connectivity index (χ2n) is 9.95. The molecule has 2 aromatic rings. The van der Waals surface area contributed by atoms with Gasteiger partial charge in [-0.05, 0) is 63.6 Å². The molecule has 1 spiro atoms. The topological polar surface area (TPSA) is 108 Å². The molecular formula is C27H27BrN2O7. The lowest BCUT2D eigenvalue weighted by atomic mass is 9.76. The van der Waals surface area contributed by atoms with Gasteiger partial charge in [-0.25, -0.2) is 4.79 Å². The highest BCUT2D eigenvalue weighted by molar-refractivity contribution is 9.10. The summed E-state index contributed by atoms with van der Waals surface area (Å²) in [5.74, 6) is -0.289. The molecular weight excluding hydrogens is 544 g/mol. The summed E-state index contributed by atoms with van der Waals surface area (Å²) in [7, 11) is 1.89. The number of nitro groups is 1. The molecule has 0 saturated carbocycles. The Hall–Kier alpha value is -3.66. The Morgan fingerprint density at radius 1 is 1.27 bits per heavy atom. The summed E-state index contributed by atoms with van der Waals surface area (Å²) in [6.07, 6.45) is 4.67. The molecule has 0 bridgehead atoms. The third kappa shape index (κ3) is 4.39. The van der Waals surface area contributed by atoms with Crippen molar-refractivity contribution >= 4 is 45.3 Å². The fraction of sp³-hybridized carbons (Fsp3) is 0.333. The Bertz CT molecular complexity index is 1360. The average Bonchev–Trinajstić information content (AvgIpc) is 2.99. The molecule has 0 fully saturated rings. The second kappa shape index (κ2) is 9.02. The first-order valence-electron chi connectivity index (χ1n) is 11.5. The minimum absolute atomic E-state index is 0.143. The lowest BCUT2D eigenvalue weighted by molar-refractivity contribution is -0.385. The number of halogens is 1. The Kier molecular flexibility index (Phi) is 6.44. The zero-order chi connectivity index (χ0) is 27.3. The normalized spacial score (nSPS) is 19.0. The van der Waals surface area contributed by atoms with E-state index in [-0.39, 0.29) is 12.3 Å². The van der Waals surface area contributed by atoms with Gasteiger partial charge in [-0.2, -0.15) is 0 Å². The van der Waals surface area contributed by atoms with Crippen LogP contribution in [0, 0.1) is 10.1 Å². The maximum atomic E-state index is 12.4. The van der Waals surface area contributed by atoms with Gasteiger partial charge in [0.15, 0.2) is 0 Å². The van der Waals surface area contributed by atoms with Crippen molar-refractivity contribution in [2.24, 2.45) is 0 Å². The standard InChI is InChI=1S/C27H27BrN2O7/c1-7-22(31)35-15-17-13-18(30(33)34)12-16-10-11-27(37-23(16)17)25(2,3)20-14-19(8-9-21(20)29(27)6)36-24(32)26(4,5)28/h7-14H,1,15H2,2-6H3. The fourth-order valence-electron chi connectivity index (χ4n) is 4.66. The van der Waals surface area contributed by atoms with Gasteiger partial charge in [-0.15, -0.1) is 0 Å². The number of benzene rings is 2. The van der Waals surface area contributed by atoms with Crippen molar-refractivity contribution in [3.63, 3.8) is 0 Å². The smallest absolute Gasteiger partial charge is 0.330 e. The third-order valence-electron chi connectivity index (χ3n) is 6.77. The van der Waals surface area contributed by atoms with Crippen LogP contribution in [-0.4, -0.2) is 34.0 Å². The number of hydrogen-bond donors (Lipinski definition) is 0. The van der Waals surface area contributed by atoms with Crippen molar-refractivity contribution in [2.75, 3.05) is 11.9 Å². The highest BCUT2D eigenvalue weighted by Crippen LogP contribution is 2.55. The molecule has 0 radical (unpaired) electrons. The molecule has 4 rings (SSSR count). The molecule has 0 N–H and O–H groups in total. The molecule has 194 valence electrons. The molecule has 1 unspecified atom stereocenters. The van der Waals surface area contributed by atoms with Gasteiger partial charge in [-0.1, -0.05) is 22.5 Å². The maximum Gasteiger partial charge on any atom is 0.330 e. The number of esters is 2. The van der Waals surface area contributed by atoms with Crippen LogP contribution in [0.25, 0.3) is 6.08 Å². The van der Waals surface area contributed by atoms with Gasteiger partial charge in [0.1, 0.15) is 22.4 Å². The first-order chi connectivity index (χ1) is 17.2. The molecule has 1 atom stereocenters. The van der Waals surface area contributed by atoms with Gasteiger partial charge in [0.25, 0.3) is 5.69 Å². The number of likely N-dealkylation sites (N-methyl/N-ethyl adjacent to an activating group) is 1. The number of anilines is 1. The van der Waals surface area contributed by atoms with Gasteiger partial charge < -0.3 is 19.1 Å². The van der Waals surface area contributed by atoms with Crippen LogP contribution in [0.5, 0.6) is 11.5 Å². The number of fused-ring (bicyclic) bond motifs is 2. The quantitative estimate of drug-likeness (QED) is 0.113. The predicted molar refractivity (Wildman–Crippen MR) is 142 cm³/mol. The van der Waals surface area contributed by atoms with Crippen molar-refractivity contribution in [3.8, 4) is 11.5 Å². The largest absolute Gasteiger partial charge is 0.462 e. The van der Waals surface area contributed by atoms with Crippen LogP contribution in [0.4, 0.5) is 11.4 Å². The van der Waals surface area contributed by atoms with E-state index in [2.05, 4.69) is 22.5 Å². The highest BCUT2D eigenvalue weighted by Gasteiger charge is 2.58. The fourth-order valence-corrected chi connectivity index (χ4v) is 4.75. The SMILES string of the molecule is C=CC(=O)OCc1cc([N+](=O)[O-])cc2c1OC1(C=C2)N(C)c2ccc(OC(=O)C(C)(C)Br)cc2C1(C)C. The molecule has 0 aromatic heterocycles. The number of ether oxygens (including phenoxy) is 3. The Morgan fingerprint density at radius 2 is 1.97 bits per heavy atom. The minimum Gasteiger partial charge on any atom is -0.462 e. The first-order valence-corrected chi connectivity index (χ1v) is 12.3. The number of non-ortho nitro benzene ring substituents is 1. The Morgan fingerprint density at radius 3 is 2.59 bits per heavy atom. The molecule has 2 aromatic carbocycles. The zero-order valence-electron chi connectivity index (χ0n) is 21.2. The van der Waals surface area contributed by atoms with Crippen molar-refractivity contribution < 1.29 is 28.7 Å². The molecule has 2 heterocycles. The molecule has 0 amide bonds. The molecule has 37 heavy (non-hydrogen) atoms. The van der Waals surface area contributed by atoms with Crippen LogP contribution in [0.1, 0.15) is 44.4 Å². The van der Waals surface area contributed by atoms with E-state index >= 15 is 0 Å². The van der Waals surface area contributed by atoms with Crippen molar-refractivity contribution in [1.29, 1.82) is 0 Å². The number of hydrogen-bond acceptors (Lipinski definition) is 8. The first kappa shape index (κ1) is 26.4. The number of carbonyl (C=O) groups excluding carboxylic acids is 2. The zero-order valence-corrected chi connectivity index (χ0v) is 22.7. The summed E-state index contributed by atoms with van der Waals surface area (Å²) in [6, 6.07) is 8.19. The predicted octanol–water partition coefficient (Wildman–Crippen LogP) is 5.43. The van der Waals surface area contributed by atoms with Gasteiger partial charge in [0.2, 0.25) is 5.72 Å². The number of rotatable bonds is 6. The second-order valence-corrected chi connectivity index (χ2v) is 11.9. The lowest BCUT2D eigenvalue weighted by Crippen LogP contribution is -2.58. The van der Waals surface area contributed by atoms with Crippen LogP contribution >= 0.6 is 15.9 Å². The summed E-state index contributed by atoms with van der Waals surface area (Å²) >= 11 is 3.32. The summed E-state index contributed by atoms with van der Waals surface area (Å²) in [4.78, 5) is 37.1. The molecule has 0 saturated heterocycles. The summed E-state index contributed by atoms with van der Waals surface area (Å²) in [6.45, 7) is 10.6. The maximum absolute atomic E-state index is 12.4. The van der Waals surface area contributed by atoms with Gasteiger partial charge in [-0.3, -0.25) is 14.9 Å². The van der Waals surface area contributed by atoms with E-state index in [1.165, 1.54) is 12.1 Å². The van der Waals surface area contributed by atoms with Crippen LogP contribution in [0.15, 0.2) is 49.1 Å². The molecule has 10 heteroatoms. The Balaban J connectivity index is 1.77. The third-order valence-corrected chi connectivity index (χ3v) is 7.09. The van der Waals surface area contributed by atoms with Gasteiger partial charge >= 0.3 is 11.9 Å². The van der Waals surface area contributed by atoms with E-state index < -0.39 is 32.3 Å². The van der Waals surface area contributed by atoms with E-state index in [9.17, 15) is 19.7 Å². The number of nitrogens with zero attached hydrogens (tertiary/aromatic N) is 2. The molecule has 2 aliphatic heterocycles. The van der Waals surface area contributed by atoms with Crippen molar-refractivity contribution in [2.45, 2.75) is 49.8 Å². The van der Waals surface area contributed by atoms with Gasteiger partial charge in [0, 0.05) is 42.1 Å². The van der Waals surface area contributed by atoms with E-state index in [0.29, 0.717) is 22.6 Å². The van der Waals surface area contributed by atoms with Gasteiger partial charge in [0.05, 0.1) is 10.3 Å². The summed E-state index contributed by atoms with van der Waals surface area (Å²) in [5, 5.41) is 11.5. The van der Waals surface area contributed by atoms with E-state index in [1.54, 1.807) is 26.0 Å². The summed E-state index contributed by atoms with van der Waals surface area (Å²) < 4.78 is 16.6. The minimum atomic E-state index is -1.02. The highest BCUT2D eigenvalue weighted by atomic mass is 79.9. The Labute approximate surface area is 223 Å². The molecule has 0 aliphatic carbocycles. The average molecular weight is 571 g/mol. The van der Waals surface area contributed by atoms with Crippen molar-refractivity contribution in [3.05, 3.63) is 75.9 Å². The van der Waals surface area contributed by atoms with Crippen LogP contribution in [-0.2, 0) is 26.3 Å². The van der Waals surface area contributed by atoms with Crippen LogP contribution in [0.2, 0.25) is 0 Å². The van der Waals surface area contributed by atoms with Crippen LogP contribution < -0.4 is 14.4 Å². The summed E-state index contributed by atoms with van der Waals surface area (Å²) in [5.41, 5.74) is 0.800. The molecule has 2 aliphatic rings. The number of nitro benzene ring substituents is 1. The number of carbonyl (C=O) groups is 2. The van der Waals surface area contributed by atoms with E-state index in [0.717, 1.165) is 17.3 Å². The van der Waals surface area contributed by atoms with E-state index in [1.807, 2.05) is 44.0 Å². The van der Waals surface area contributed by atoms with E-state index in [4.69, 9.17) is 14.2 Å². The van der Waals surface area contributed by atoms with Crippen LogP contribution in [0.3, 0.4) is 0 Å². The molecule has 9 nitrogen and oxygen atoms in total. The number of alkyl halides is 1. The van der Waals surface area contributed by atoms with Crippen molar-refractivity contribution in [1.82, 2.24) is 0 Å². The lowest BCUT2D eigenvalue weighted by Gasteiger charge is -2.46. The monoisotopic (exact) mass is 570 g/mol.